The number of ketones is 1. The molecule has 156 valence electrons. The summed E-state index contributed by atoms with van der Waals surface area (Å²) in [5.41, 5.74) is -0.0904. The highest BCUT2D eigenvalue weighted by molar-refractivity contribution is 5.93. The van der Waals surface area contributed by atoms with Gasteiger partial charge in [-0.15, -0.1) is 5.10 Å². The maximum absolute atomic E-state index is 12.1. The number of ether oxygens (including phenoxy) is 1. The number of nitrogens with one attached hydrogen (secondary N) is 1. The molecule has 1 heterocycles. The van der Waals surface area contributed by atoms with Gasteiger partial charge in [0.15, 0.2) is 5.78 Å². The monoisotopic (exact) mass is 392 g/mol. The number of nitrogens with zero attached hydrogens (tertiary/aromatic N) is 3. The number of hydrogen-bond donors (Lipinski definition) is 2. The molecule has 8 heteroatoms. The number of aromatic nitrogens is 3. The van der Waals surface area contributed by atoms with Gasteiger partial charge in [-0.25, -0.2) is 4.68 Å². The minimum Gasteiger partial charge on any atom is -0.384 e. The molecular formula is C20H32N4O4. The van der Waals surface area contributed by atoms with Crippen LogP contribution in [-0.2, 0) is 19.9 Å². The number of carbonyl (C=O) groups excluding carboxylic acids is 2. The fraction of sp³-hybridized carbons (Fsp3) is 0.700. The summed E-state index contributed by atoms with van der Waals surface area (Å²) in [7, 11) is 0. The van der Waals surface area contributed by atoms with Gasteiger partial charge in [-0.1, -0.05) is 25.1 Å². The first-order valence-electron chi connectivity index (χ1n) is 9.85. The van der Waals surface area contributed by atoms with Crippen LogP contribution in [0, 0.1) is 0 Å². The molecular weight excluding hydrogens is 360 g/mol. The van der Waals surface area contributed by atoms with E-state index >= 15 is 0 Å². The lowest BCUT2D eigenvalue weighted by atomic mass is 9.86. The molecule has 0 bridgehead atoms. The van der Waals surface area contributed by atoms with Crippen molar-refractivity contribution in [2.24, 2.45) is 0 Å². The fourth-order valence-corrected chi connectivity index (χ4v) is 3.42. The van der Waals surface area contributed by atoms with Crippen LogP contribution in [0.3, 0.4) is 0 Å². The summed E-state index contributed by atoms with van der Waals surface area (Å²) in [5.74, 6) is -0.220. The normalized spacial score (nSPS) is 22.9. The van der Waals surface area contributed by atoms with Crippen LogP contribution in [0.25, 0.3) is 0 Å². The minimum absolute atomic E-state index is 0.0350. The molecule has 2 N–H and O–H groups in total. The third kappa shape index (κ3) is 5.26. The van der Waals surface area contributed by atoms with Gasteiger partial charge in [0.25, 0.3) is 0 Å². The van der Waals surface area contributed by atoms with E-state index in [4.69, 9.17) is 4.74 Å². The van der Waals surface area contributed by atoms with Crippen molar-refractivity contribution in [2.75, 3.05) is 0 Å². The van der Waals surface area contributed by atoms with Crippen LogP contribution in [0.1, 0.15) is 72.5 Å². The predicted molar refractivity (Wildman–Crippen MR) is 105 cm³/mol. The Labute approximate surface area is 166 Å². The van der Waals surface area contributed by atoms with Crippen LogP contribution < -0.4 is 5.32 Å². The van der Waals surface area contributed by atoms with Crippen molar-refractivity contribution >= 4 is 11.7 Å². The second-order valence-corrected chi connectivity index (χ2v) is 7.92. The molecule has 0 aliphatic heterocycles. The summed E-state index contributed by atoms with van der Waals surface area (Å²) < 4.78 is 7.87. The highest BCUT2D eigenvalue weighted by Gasteiger charge is 2.38. The third-order valence-electron chi connectivity index (χ3n) is 5.10. The number of amides is 1. The van der Waals surface area contributed by atoms with Crippen molar-refractivity contribution < 1.29 is 19.4 Å². The Balaban J connectivity index is 2.47. The van der Waals surface area contributed by atoms with E-state index in [1.807, 2.05) is 6.08 Å². The lowest BCUT2D eigenvalue weighted by Crippen LogP contribution is -2.52. The number of hydrogen-bond acceptors (Lipinski definition) is 6. The van der Waals surface area contributed by atoms with E-state index in [9.17, 15) is 14.7 Å². The van der Waals surface area contributed by atoms with Crippen LogP contribution >= 0.6 is 0 Å². The molecule has 0 aromatic carbocycles. The second-order valence-electron chi connectivity index (χ2n) is 7.92. The molecule has 28 heavy (non-hydrogen) atoms. The molecule has 0 fully saturated rings. The van der Waals surface area contributed by atoms with Gasteiger partial charge in [-0.3, -0.25) is 9.59 Å². The molecule has 1 aromatic heterocycles. The maximum atomic E-state index is 12.1. The molecule has 2 rings (SSSR count). The molecule has 1 aliphatic carbocycles. The molecule has 8 nitrogen and oxygen atoms in total. The van der Waals surface area contributed by atoms with Gasteiger partial charge in [0.05, 0.1) is 30.5 Å². The summed E-state index contributed by atoms with van der Waals surface area (Å²) in [6.07, 6.45) is 5.26. The first kappa shape index (κ1) is 22.2. The van der Waals surface area contributed by atoms with Gasteiger partial charge in [-0.2, -0.15) is 0 Å². The molecule has 1 aliphatic rings. The average molecular weight is 393 g/mol. The summed E-state index contributed by atoms with van der Waals surface area (Å²) in [6, 6.07) is -0.850. The van der Waals surface area contributed by atoms with E-state index in [1.165, 1.54) is 13.8 Å². The Morgan fingerprint density at radius 2 is 2.00 bits per heavy atom. The molecule has 0 saturated carbocycles. The van der Waals surface area contributed by atoms with Crippen molar-refractivity contribution in [3.05, 3.63) is 23.5 Å². The molecule has 1 amide bonds. The number of carbonyl (C=O) groups is 2. The van der Waals surface area contributed by atoms with E-state index in [0.29, 0.717) is 17.7 Å². The van der Waals surface area contributed by atoms with Crippen molar-refractivity contribution in [3.8, 4) is 0 Å². The van der Waals surface area contributed by atoms with E-state index in [1.54, 1.807) is 24.7 Å². The van der Waals surface area contributed by atoms with Gasteiger partial charge >= 0.3 is 0 Å². The third-order valence-corrected chi connectivity index (χ3v) is 5.10. The second kappa shape index (κ2) is 8.96. The SMILES string of the molecule is CCC(CC)O[C@@H]1CC(C(C)=O)=C[C@H](n2cc(C(C)(C)O)nn2)[C@H]1NC(C)=O. The molecule has 0 radical (unpaired) electrons. The Hall–Kier alpha value is -2.06. The van der Waals surface area contributed by atoms with Gasteiger partial charge in [0.1, 0.15) is 11.3 Å². The summed E-state index contributed by atoms with van der Waals surface area (Å²) in [5, 5.41) is 21.4. The van der Waals surface area contributed by atoms with Crippen LogP contribution in [0.5, 0.6) is 0 Å². The first-order valence-corrected chi connectivity index (χ1v) is 9.85. The van der Waals surface area contributed by atoms with Crippen LogP contribution in [-0.4, -0.2) is 50.0 Å². The molecule has 0 saturated heterocycles. The van der Waals surface area contributed by atoms with Gasteiger partial charge in [-0.05, 0) is 39.2 Å². The van der Waals surface area contributed by atoms with E-state index < -0.39 is 17.7 Å². The minimum atomic E-state index is -1.14. The number of rotatable bonds is 8. The standard InChI is InChI=1S/C20H32N4O4/c1-7-15(8-2)28-17-10-14(12(3)25)9-16(19(17)21-13(4)26)24-11-18(22-23-24)20(5,6)27/h9,11,15-17,19,27H,7-8,10H2,1-6H3,(H,21,26)/t16-,17+,19+/m0/s1. The highest BCUT2D eigenvalue weighted by atomic mass is 16.5. The first-order chi connectivity index (χ1) is 13.1. The molecule has 0 spiro atoms. The van der Waals surface area contributed by atoms with E-state index in [0.717, 1.165) is 12.8 Å². The summed E-state index contributed by atoms with van der Waals surface area (Å²) in [4.78, 5) is 24.0. The largest absolute Gasteiger partial charge is 0.384 e. The van der Waals surface area contributed by atoms with Crippen LogP contribution in [0.15, 0.2) is 17.8 Å². The fourth-order valence-electron chi connectivity index (χ4n) is 3.42. The van der Waals surface area contributed by atoms with Gasteiger partial charge in [0.2, 0.25) is 5.91 Å². The lowest BCUT2D eigenvalue weighted by molar-refractivity contribution is -0.122. The van der Waals surface area contributed by atoms with Crippen LogP contribution in [0.4, 0.5) is 0 Å². The number of aliphatic hydroxyl groups is 1. The highest BCUT2D eigenvalue weighted by Crippen LogP contribution is 2.32. The average Bonchev–Trinajstić information content (AvgIpc) is 3.10. The van der Waals surface area contributed by atoms with Gasteiger partial charge < -0.3 is 15.2 Å². The van der Waals surface area contributed by atoms with Crippen molar-refractivity contribution in [1.82, 2.24) is 20.3 Å². The van der Waals surface area contributed by atoms with Crippen molar-refractivity contribution in [2.45, 2.75) is 90.7 Å². The van der Waals surface area contributed by atoms with Crippen LogP contribution in [0.2, 0.25) is 0 Å². The predicted octanol–water partition coefficient (Wildman–Crippen LogP) is 2.04. The van der Waals surface area contributed by atoms with Crippen molar-refractivity contribution in [1.29, 1.82) is 0 Å². The van der Waals surface area contributed by atoms with Gasteiger partial charge in [0, 0.05) is 13.3 Å². The molecule has 3 atom stereocenters. The Morgan fingerprint density at radius 3 is 2.46 bits per heavy atom. The van der Waals surface area contributed by atoms with E-state index in [-0.39, 0.29) is 23.9 Å². The Bertz CT molecular complexity index is 731. The molecule has 1 aromatic rings. The smallest absolute Gasteiger partial charge is 0.217 e. The molecule has 0 unspecified atom stereocenters. The maximum Gasteiger partial charge on any atom is 0.217 e. The Morgan fingerprint density at radius 1 is 1.36 bits per heavy atom. The zero-order chi connectivity index (χ0) is 21.1. The summed E-state index contributed by atoms with van der Waals surface area (Å²) in [6.45, 7) is 10.3. The zero-order valence-corrected chi connectivity index (χ0v) is 17.6. The topological polar surface area (TPSA) is 106 Å². The quantitative estimate of drug-likeness (QED) is 0.701. The summed E-state index contributed by atoms with van der Waals surface area (Å²) >= 11 is 0. The van der Waals surface area contributed by atoms with Crippen molar-refractivity contribution in [3.63, 3.8) is 0 Å². The zero-order valence-electron chi connectivity index (χ0n) is 17.6. The lowest BCUT2D eigenvalue weighted by Gasteiger charge is -2.38. The number of Topliss-reactive ketones (excluding diaryl/α,β-unsaturated/α-hetero) is 1. The Kier molecular flexibility index (Phi) is 7.11. The van der Waals surface area contributed by atoms with E-state index in [2.05, 4.69) is 29.5 Å².